The summed E-state index contributed by atoms with van der Waals surface area (Å²) in [6, 6.07) is 13.4. The van der Waals surface area contributed by atoms with Crippen molar-refractivity contribution in [3.63, 3.8) is 0 Å². The Morgan fingerprint density at radius 2 is 2.00 bits per heavy atom. The van der Waals surface area contributed by atoms with Gasteiger partial charge in [0.25, 0.3) is 0 Å². The lowest BCUT2D eigenvalue weighted by Crippen LogP contribution is -2.40. The second-order valence-corrected chi connectivity index (χ2v) is 5.69. The molecule has 1 heterocycles. The number of nitrogens with zero attached hydrogens (tertiary/aromatic N) is 2. The average Bonchev–Trinajstić information content (AvgIpc) is 2.43. The van der Waals surface area contributed by atoms with Crippen LogP contribution in [0.4, 0.5) is 0 Å². The van der Waals surface area contributed by atoms with Gasteiger partial charge in [0, 0.05) is 24.5 Å². The van der Waals surface area contributed by atoms with Gasteiger partial charge in [0.1, 0.15) is 0 Å². The number of fused-ring (bicyclic) bond motifs is 1. The van der Waals surface area contributed by atoms with Crippen LogP contribution in [-0.4, -0.2) is 29.0 Å². The van der Waals surface area contributed by atoms with Crippen molar-refractivity contribution in [2.24, 2.45) is 5.73 Å². The standard InChI is InChI=1S/C17H23N3/c18-11-4-12-20(16-6-3-7-16)13-15-10-9-14-5-1-2-8-17(14)19-15/h1-2,5,8-10,16H,3-4,6-7,11-13,18H2. The number of benzene rings is 1. The minimum atomic E-state index is 0.745. The van der Waals surface area contributed by atoms with Crippen LogP contribution in [0.3, 0.4) is 0 Å². The summed E-state index contributed by atoms with van der Waals surface area (Å²) in [5.74, 6) is 0. The molecule has 1 aromatic heterocycles. The van der Waals surface area contributed by atoms with Crippen molar-refractivity contribution in [3.05, 3.63) is 42.1 Å². The van der Waals surface area contributed by atoms with Crippen molar-refractivity contribution in [1.82, 2.24) is 9.88 Å². The first-order valence-corrected chi connectivity index (χ1v) is 7.65. The number of hydrogen-bond acceptors (Lipinski definition) is 3. The summed E-state index contributed by atoms with van der Waals surface area (Å²) in [5.41, 5.74) is 7.93. The molecule has 0 saturated heterocycles. The number of aromatic nitrogens is 1. The first-order valence-electron chi connectivity index (χ1n) is 7.65. The van der Waals surface area contributed by atoms with Crippen LogP contribution in [0.15, 0.2) is 36.4 Å². The molecule has 1 aromatic carbocycles. The normalized spacial score (nSPS) is 15.7. The molecule has 106 valence electrons. The van der Waals surface area contributed by atoms with Gasteiger partial charge in [-0.1, -0.05) is 30.7 Å². The molecule has 0 bridgehead atoms. The maximum atomic E-state index is 5.66. The van der Waals surface area contributed by atoms with Gasteiger partial charge in [-0.2, -0.15) is 0 Å². The highest BCUT2D eigenvalue weighted by Crippen LogP contribution is 2.26. The van der Waals surface area contributed by atoms with E-state index in [9.17, 15) is 0 Å². The zero-order valence-electron chi connectivity index (χ0n) is 12.0. The first-order chi connectivity index (χ1) is 9.86. The summed E-state index contributed by atoms with van der Waals surface area (Å²) in [5, 5.41) is 1.22. The van der Waals surface area contributed by atoms with E-state index in [1.54, 1.807) is 0 Å². The van der Waals surface area contributed by atoms with Crippen LogP contribution < -0.4 is 5.73 Å². The lowest BCUT2D eigenvalue weighted by Gasteiger charge is -2.37. The van der Waals surface area contributed by atoms with E-state index in [0.29, 0.717) is 0 Å². The van der Waals surface area contributed by atoms with E-state index in [0.717, 1.165) is 37.6 Å². The van der Waals surface area contributed by atoms with Crippen molar-refractivity contribution in [2.75, 3.05) is 13.1 Å². The number of pyridine rings is 1. The number of rotatable bonds is 6. The van der Waals surface area contributed by atoms with Gasteiger partial charge in [-0.25, -0.2) is 0 Å². The summed E-state index contributed by atoms with van der Waals surface area (Å²) in [6.07, 6.45) is 5.11. The lowest BCUT2D eigenvalue weighted by atomic mass is 9.91. The van der Waals surface area contributed by atoms with Crippen LogP contribution in [0.1, 0.15) is 31.4 Å². The Morgan fingerprint density at radius 3 is 2.75 bits per heavy atom. The van der Waals surface area contributed by atoms with Gasteiger partial charge < -0.3 is 5.73 Å². The second-order valence-electron chi connectivity index (χ2n) is 5.69. The van der Waals surface area contributed by atoms with Crippen LogP contribution in [-0.2, 0) is 6.54 Å². The van der Waals surface area contributed by atoms with Crippen molar-refractivity contribution in [2.45, 2.75) is 38.3 Å². The highest BCUT2D eigenvalue weighted by Gasteiger charge is 2.24. The monoisotopic (exact) mass is 269 g/mol. The maximum Gasteiger partial charge on any atom is 0.0705 e. The molecule has 2 N–H and O–H groups in total. The van der Waals surface area contributed by atoms with Gasteiger partial charge in [0.2, 0.25) is 0 Å². The average molecular weight is 269 g/mol. The summed E-state index contributed by atoms with van der Waals surface area (Å²) >= 11 is 0. The zero-order chi connectivity index (χ0) is 13.8. The molecule has 3 heteroatoms. The zero-order valence-corrected chi connectivity index (χ0v) is 12.0. The topological polar surface area (TPSA) is 42.1 Å². The number of hydrogen-bond donors (Lipinski definition) is 1. The molecule has 0 atom stereocenters. The molecule has 0 aliphatic heterocycles. The summed E-state index contributed by atoms with van der Waals surface area (Å²) in [4.78, 5) is 7.35. The van der Waals surface area contributed by atoms with Crippen LogP contribution in [0.2, 0.25) is 0 Å². The Kier molecular flexibility index (Phi) is 4.28. The second kappa shape index (κ2) is 6.33. The van der Waals surface area contributed by atoms with Gasteiger partial charge >= 0.3 is 0 Å². The van der Waals surface area contributed by atoms with E-state index in [1.807, 2.05) is 0 Å². The van der Waals surface area contributed by atoms with Crippen LogP contribution >= 0.6 is 0 Å². The predicted molar refractivity (Wildman–Crippen MR) is 83.5 cm³/mol. The molecule has 0 unspecified atom stereocenters. The maximum absolute atomic E-state index is 5.66. The van der Waals surface area contributed by atoms with Gasteiger partial charge in [0.05, 0.1) is 11.2 Å². The molecule has 1 fully saturated rings. The van der Waals surface area contributed by atoms with Crippen LogP contribution in [0, 0.1) is 0 Å². The molecule has 3 rings (SSSR count). The van der Waals surface area contributed by atoms with E-state index in [1.165, 1.54) is 30.3 Å². The fourth-order valence-corrected chi connectivity index (χ4v) is 2.84. The van der Waals surface area contributed by atoms with E-state index in [2.05, 4.69) is 41.3 Å². The minimum absolute atomic E-state index is 0.745. The Morgan fingerprint density at radius 1 is 1.15 bits per heavy atom. The third-order valence-corrected chi connectivity index (χ3v) is 4.26. The van der Waals surface area contributed by atoms with E-state index < -0.39 is 0 Å². The van der Waals surface area contributed by atoms with Crippen molar-refractivity contribution >= 4 is 10.9 Å². The minimum Gasteiger partial charge on any atom is -0.330 e. The van der Waals surface area contributed by atoms with Crippen LogP contribution in [0.5, 0.6) is 0 Å². The molecular formula is C17H23N3. The molecule has 0 radical (unpaired) electrons. The number of para-hydroxylation sites is 1. The van der Waals surface area contributed by atoms with E-state index in [4.69, 9.17) is 10.7 Å². The van der Waals surface area contributed by atoms with Crippen molar-refractivity contribution in [3.8, 4) is 0 Å². The van der Waals surface area contributed by atoms with E-state index in [-0.39, 0.29) is 0 Å². The smallest absolute Gasteiger partial charge is 0.0705 e. The predicted octanol–water partition coefficient (Wildman–Crippen LogP) is 2.94. The first kappa shape index (κ1) is 13.5. The van der Waals surface area contributed by atoms with Crippen LogP contribution in [0.25, 0.3) is 10.9 Å². The Bertz CT molecular complexity index is 563. The third-order valence-electron chi connectivity index (χ3n) is 4.26. The Balaban J connectivity index is 1.74. The van der Waals surface area contributed by atoms with Crippen molar-refractivity contribution < 1.29 is 0 Å². The van der Waals surface area contributed by atoms with E-state index >= 15 is 0 Å². The SMILES string of the molecule is NCCCN(Cc1ccc2ccccc2n1)C1CCC1. The Hall–Kier alpha value is -1.45. The highest BCUT2D eigenvalue weighted by molar-refractivity contribution is 5.78. The quantitative estimate of drug-likeness (QED) is 0.876. The number of nitrogens with two attached hydrogens (primary N) is 1. The molecule has 0 spiro atoms. The molecule has 0 amide bonds. The summed E-state index contributed by atoms with van der Waals surface area (Å²) in [7, 11) is 0. The van der Waals surface area contributed by atoms with Gasteiger partial charge in [-0.05, 0) is 37.9 Å². The highest BCUT2D eigenvalue weighted by atomic mass is 15.2. The molecular weight excluding hydrogens is 246 g/mol. The van der Waals surface area contributed by atoms with Gasteiger partial charge in [-0.3, -0.25) is 9.88 Å². The Labute approximate surface area is 120 Å². The molecule has 1 aliphatic rings. The molecule has 1 aliphatic carbocycles. The molecule has 2 aromatic rings. The lowest BCUT2D eigenvalue weighted by molar-refractivity contribution is 0.117. The fraction of sp³-hybridized carbons (Fsp3) is 0.471. The molecule has 3 nitrogen and oxygen atoms in total. The molecule has 1 saturated carbocycles. The third kappa shape index (κ3) is 3.00. The fourth-order valence-electron chi connectivity index (χ4n) is 2.84. The van der Waals surface area contributed by atoms with Crippen molar-refractivity contribution in [1.29, 1.82) is 0 Å². The van der Waals surface area contributed by atoms with Gasteiger partial charge in [-0.15, -0.1) is 0 Å². The summed E-state index contributed by atoms with van der Waals surface area (Å²) < 4.78 is 0. The largest absolute Gasteiger partial charge is 0.330 e. The summed E-state index contributed by atoms with van der Waals surface area (Å²) in [6.45, 7) is 2.82. The molecule has 20 heavy (non-hydrogen) atoms. The van der Waals surface area contributed by atoms with Gasteiger partial charge in [0.15, 0.2) is 0 Å².